The van der Waals surface area contributed by atoms with Gasteiger partial charge in [-0.2, -0.15) is 0 Å². The second kappa shape index (κ2) is 6.86. The van der Waals surface area contributed by atoms with Gasteiger partial charge < -0.3 is 16.0 Å². The van der Waals surface area contributed by atoms with Gasteiger partial charge in [-0.25, -0.2) is 0 Å². The molecule has 0 fully saturated rings. The van der Waals surface area contributed by atoms with E-state index >= 15 is 0 Å². The third kappa shape index (κ3) is 9.93. The highest BCUT2D eigenvalue weighted by Gasteiger charge is 2.14. The summed E-state index contributed by atoms with van der Waals surface area (Å²) in [6.45, 7) is 6.91. The number of carbonyl (C=O) groups is 1. The van der Waals surface area contributed by atoms with Crippen molar-refractivity contribution < 1.29 is 4.79 Å². The smallest absolute Gasteiger partial charge is 0.220 e. The van der Waals surface area contributed by atoms with Gasteiger partial charge in [-0.3, -0.25) is 4.79 Å². The second-order valence-electron chi connectivity index (χ2n) is 5.55. The van der Waals surface area contributed by atoms with Crippen LogP contribution < -0.4 is 11.1 Å². The van der Waals surface area contributed by atoms with Gasteiger partial charge >= 0.3 is 0 Å². The maximum Gasteiger partial charge on any atom is 0.220 e. The molecule has 16 heavy (non-hydrogen) atoms. The zero-order chi connectivity index (χ0) is 12.8. The van der Waals surface area contributed by atoms with E-state index in [4.69, 9.17) is 5.73 Å². The zero-order valence-corrected chi connectivity index (χ0v) is 11.3. The number of hydrogen-bond donors (Lipinski definition) is 2. The summed E-state index contributed by atoms with van der Waals surface area (Å²) in [6.07, 6.45) is 2.21. The van der Waals surface area contributed by atoms with Crippen molar-refractivity contribution in [2.24, 2.45) is 5.73 Å². The summed E-state index contributed by atoms with van der Waals surface area (Å²) in [6, 6.07) is 0.232. The van der Waals surface area contributed by atoms with Gasteiger partial charge in [0.1, 0.15) is 0 Å². The molecular weight excluding hydrogens is 202 g/mol. The molecule has 96 valence electrons. The predicted molar refractivity (Wildman–Crippen MR) is 68.3 cm³/mol. The quantitative estimate of drug-likeness (QED) is 0.683. The summed E-state index contributed by atoms with van der Waals surface area (Å²) < 4.78 is 0. The van der Waals surface area contributed by atoms with Gasteiger partial charge in [-0.15, -0.1) is 0 Å². The highest BCUT2D eigenvalue weighted by atomic mass is 16.1. The van der Waals surface area contributed by atoms with Crippen molar-refractivity contribution in [3.8, 4) is 0 Å². The van der Waals surface area contributed by atoms with Crippen molar-refractivity contribution in [3.05, 3.63) is 0 Å². The lowest BCUT2D eigenvalue weighted by molar-refractivity contribution is -0.122. The van der Waals surface area contributed by atoms with Crippen molar-refractivity contribution >= 4 is 5.91 Å². The first kappa shape index (κ1) is 15.4. The van der Waals surface area contributed by atoms with E-state index < -0.39 is 0 Å². The molecule has 0 aliphatic rings. The van der Waals surface area contributed by atoms with Crippen LogP contribution in [0.3, 0.4) is 0 Å². The molecule has 4 heteroatoms. The lowest BCUT2D eigenvalue weighted by Crippen LogP contribution is -2.38. The second-order valence-corrected chi connectivity index (χ2v) is 5.55. The minimum absolute atomic E-state index is 0.102. The predicted octanol–water partition coefficient (Wildman–Crippen LogP) is 0.960. The van der Waals surface area contributed by atoms with E-state index in [1.165, 1.54) is 0 Å². The highest BCUT2D eigenvalue weighted by Crippen LogP contribution is 2.06. The van der Waals surface area contributed by atoms with Gasteiger partial charge in [0.2, 0.25) is 5.91 Å². The van der Waals surface area contributed by atoms with Crippen LogP contribution in [0.4, 0.5) is 0 Å². The summed E-state index contributed by atoms with van der Waals surface area (Å²) >= 11 is 0. The summed E-state index contributed by atoms with van der Waals surface area (Å²) in [5.41, 5.74) is 5.57. The monoisotopic (exact) mass is 229 g/mol. The fraction of sp³-hybridized carbons (Fsp3) is 0.917. The Morgan fingerprint density at radius 2 is 2.00 bits per heavy atom. The molecule has 1 atom stereocenters. The summed E-state index contributed by atoms with van der Waals surface area (Å²) in [7, 11) is 4.07. The average molecular weight is 229 g/mol. The van der Waals surface area contributed by atoms with E-state index in [1.807, 2.05) is 34.9 Å². The van der Waals surface area contributed by atoms with E-state index in [1.54, 1.807) is 0 Å². The van der Waals surface area contributed by atoms with Gasteiger partial charge in [0.25, 0.3) is 0 Å². The highest BCUT2D eigenvalue weighted by molar-refractivity contribution is 5.76. The third-order valence-corrected chi connectivity index (χ3v) is 2.41. The van der Waals surface area contributed by atoms with Gasteiger partial charge in [0.15, 0.2) is 0 Å². The summed E-state index contributed by atoms with van der Waals surface area (Å²) in [5.74, 6) is 0.102. The molecule has 0 spiro atoms. The molecule has 0 aromatic rings. The fourth-order valence-corrected chi connectivity index (χ4v) is 1.31. The van der Waals surface area contributed by atoms with Gasteiger partial charge in [0, 0.05) is 18.0 Å². The number of nitrogens with two attached hydrogens (primary N) is 1. The van der Waals surface area contributed by atoms with Crippen LogP contribution in [0.25, 0.3) is 0 Å². The molecule has 0 heterocycles. The minimum Gasteiger partial charge on any atom is -0.354 e. The van der Waals surface area contributed by atoms with Crippen LogP contribution >= 0.6 is 0 Å². The molecule has 0 saturated heterocycles. The maximum absolute atomic E-state index is 11.6. The van der Waals surface area contributed by atoms with E-state index in [0.29, 0.717) is 6.42 Å². The Kier molecular flexibility index (Phi) is 6.60. The molecule has 0 radical (unpaired) electrons. The van der Waals surface area contributed by atoms with Gasteiger partial charge in [-0.1, -0.05) is 0 Å². The third-order valence-electron chi connectivity index (χ3n) is 2.41. The van der Waals surface area contributed by atoms with E-state index in [2.05, 4.69) is 10.2 Å². The number of nitrogens with one attached hydrogen (secondary N) is 1. The molecule has 3 N–H and O–H groups in total. The Hall–Kier alpha value is -0.610. The Morgan fingerprint density at radius 3 is 2.44 bits per heavy atom. The zero-order valence-electron chi connectivity index (χ0n) is 11.3. The SMILES string of the molecule is CC(CCN(C)C)NC(=O)CCC(C)(C)N. The molecule has 1 amide bonds. The maximum atomic E-state index is 11.6. The van der Waals surface area contributed by atoms with Crippen LogP contribution in [-0.4, -0.2) is 43.0 Å². The standard InChI is InChI=1S/C12H27N3O/c1-10(7-9-15(4)5)14-11(16)6-8-12(2,3)13/h10H,6-9,13H2,1-5H3,(H,14,16). The van der Waals surface area contributed by atoms with Crippen molar-refractivity contribution in [1.82, 2.24) is 10.2 Å². The van der Waals surface area contributed by atoms with Crippen LogP contribution in [-0.2, 0) is 4.79 Å². The molecule has 1 unspecified atom stereocenters. The average Bonchev–Trinajstić information content (AvgIpc) is 2.10. The van der Waals surface area contributed by atoms with Gasteiger partial charge in [0.05, 0.1) is 0 Å². The lowest BCUT2D eigenvalue weighted by Gasteiger charge is -2.20. The van der Waals surface area contributed by atoms with E-state index in [-0.39, 0.29) is 17.5 Å². The number of amides is 1. The van der Waals surface area contributed by atoms with E-state index in [9.17, 15) is 4.79 Å². The Morgan fingerprint density at radius 1 is 1.44 bits per heavy atom. The molecular formula is C12H27N3O. The lowest BCUT2D eigenvalue weighted by atomic mass is 10.00. The Labute approximate surface area is 99.6 Å². The van der Waals surface area contributed by atoms with Crippen molar-refractivity contribution in [2.75, 3.05) is 20.6 Å². The summed E-state index contributed by atoms with van der Waals surface area (Å²) in [4.78, 5) is 13.7. The largest absolute Gasteiger partial charge is 0.354 e. The Balaban J connectivity index is 3.70. The number of carbonyl (C=O) groups excluding carboxylic acids is 1. The number of hydrogen-bond acceptors (Lipinski definition) is 3. The van der Waals surface area contributed by atoms with Crippen LogP contribution in [0.2, 0.25) is 0 Å². The first-order valence-electron chi connectivity index (χ1n) is 5.93. The molecule has 0 saturated carbocycles. The fourth-order valence-electron chi connectivity index (χ4n) is 1.31. The molecule has 0 aliphatic carbocycles. The number of nitrogens with zero attached hydrogens (tertiary/aromatic N) is 1. The van der Waals surface area contributed by atoms with Crippen molar-refractivity contribution in [3.63, 3.8) is 0 Å². The van der Waals surface area contributed by atoms with Gasteiger partial charge in [-0.05, 0) is 54.3 Å². The normalized spacial score (nSPS) is 13.9. The Bertz CT molecular complexity index is 209. The minimum atomic E-state index is -0.260. The molecule has 0 bridgehead atoms. The number of rotatable bonds is 7. The van der Waals surface area contributed by atoms with Crippen molar-refractivity contribution in [1.29, 1.82) is 0 Å². The first-order chi connectivity index (χ1) is 7.20. The molecule has 0 aliphatic heterocycles. The summed E-state index contributed by atoms with van der Waals surface area (Å²) in [5, 5.41) is 2.99. The van der Waals surface area contributed by atoms with Crippen LogP contribution in [0.1, 0.15) is 40.0 Å². The van der Waals surface area contributed by atoms with Crippen LogP contribution in [0, 0.1) is 0 Å². The molecule has 4 nitrogen and oxygen atoms in total. The van der Waals surface area contributed by atoms with Crippen LogP contribution in [0.5, 0.6) is 0 Å². The van der Waals surface area contributed by atoms with Crippen molar-refractivity contribution in [2.45, 2.75) is 51.6 Å². The first-order valence-corrected chi connectivity index (χ1v) is 5.93. The molecule has 0 aromatic carbocycles. The molecule has 0 aromatic heterocycles. The van der Waals surface area contributed by atoms with Crippen LogP contribution in [0.15, 0.2) is 0 Å². The topological polar surface area (TPSA) is 58.4 Å². The van der Waals surface area contributed by atoms with E-state index in [0.717, 1.165) is 19.4 Å². The molecule has 0 rings (SSSR count).